The normalized spacial score (nSPS) is 16.3. The Morgan fingerprint density at radius 1 is 1.33 bits per heavy atom. The number of anilines is 1. The van der Waals surface area contributed by atoms with E-state index in [9.17, 15) is 9.59 Å². The van der Waals surface area contributed by atoms with E-state index in [1.807, 2.05) is 23.3 Å². The highest BCUT2D eigenvalue weighted by Gasteiger charge is 2.28. The molecule has 0 spiro atoms. The quantitative estimate of drug-likeness (QED) is 0.880. The number of nitrogens with zero attached hydrogens (tertiary/aromatic N) is 2. The van der Waals surface area contributed by atoms with Gasteiger partial charge >= 0.3 is 0 Å². The Morgan fingerprint density at radius 2 is 1.95 bits per heavy atom. The van der Waals surface area contributed by atoms with Crippen molar-refractivity contribution in [1.82, 2.24) is 14.8 Å². The van der Waals surface area contributed by atoms with Crippen LogP contribution in [0.2, 0.25) is 0 Å². The molecule has 0 bridgehead atoms. The van der Waals surface area contributed by atoms with Gasteiger partial charge in [-0.1, -0.05) is 0 Å². The second-order valence-corrected chi connectivity index (χ2v) is 5.84. The van der Waals surface area contributed by atoms with Crippen LogP contribution in [0, 0.1) is 5.92 Å². The van der Waals surface area contributed by atoms with E-state index < -0.39 is 0 Å². The van der Waals surface area contributed by atoms with Crippen LogP contribution in [0.15, 0.2) is 12.3 Å². The Hall–Kier alpha value is -1.98. The zero-order valence-electron chi connectivity index (χ0n) is 12.9. The molecule has 0 unspecified atom stereocenters. The standard InChI is InChI=1S/C15H24N4O2/c1-10(2)19-9-12(16)8-13(19)15(21)18-6-4-11(5-7-18)14(20)17-3/h8-11H,4-7,16H2,1-3H3,(H,17,20). The van der Waals surface area contributed by atoms with E-state index >= 15 is 0 Å². The number of carbonyl (C=O) groups is 2. The Labute approximate surface area is 125 Å². The molecule has 6 heteroatoms. The first kappa shape index (κ1) is 15.4. The molecular weight excluding hydrogens is 268 g/mol. The third kappa shape index (κ3) is 3.20. The van der Waals surface area contributed by atoms with Crippen molar-refractivity contribution >= 4 is 17.5 Å². The van der Waals surface area contributed by atoms with Gasteiger partial charge in [0.1, 0.15) is 5.69 Å². The van der Waals surface area contributed by atoms with E-state index in [0.717, 1.165) is 0 Å². The maximum atomic E-state index is 12.6. The Balaban J connectivity index is 2.07. The molecule has 21 heavy (non-hydrogen) atoms. The van der Waals surface area contributed by atoms with Crippen molar-refractivity contribution < 1.29 is 9.59 Å². The zero-order chi connectivity index (χ0) is 15.6. The summed E-state index contributed by atoms with van der Waals surface area (Å²) in [5.41, 5.74) is 7.05. The molecule has 1 fully saturated rings. The molecule has 2 heterocycles. The molecule has 0 saturated carbocycles. The molecule has 2 rings (SSSR count). The van der Waals surface area contributed by atoms with E-state index in [2.05, 4.69) is 5.32 Å². The van der Waals surface area contributed by atoms with E-state index in [1.165, 1.54) is 0 Å². The number of hydrogen-bond donors (Lipinski definition) is 2. The number of aromatic nitrogens is 1. The number of hydrogen-bond acceptors (Lipinski definition) is 3. The van der Waals surface area contributed by atoms with Crippen LogP contribution in [-0.4, -0.2) is 41.4 Å². The smallest absolute Gasteiger partial charge is 0.270 e. The van der Waals surface area contributed by atoms with Crippen LogP contribution in [-0.2, 0) is 4.79 Å². The summed E-state index contributed by atoms with van der Waals surface area (Å²) >= 11 is 0. The minimum absolute atomic E-state index is 0.00393. The van der Waals surface area contributed by atoms with Gasteiger partial charge in [-0.25, -0.2) is 0 Å². The summed E-state index contributed by atoms with van der Waals surface area (Å²) < 4.78 is 1.91. The van der Waals surface area contributed by atoms with Gasteiger partial charge in [-0.15, -0.1) is 0 Å². The van der Waals surface area contributed by atoms with Crippen LogP contribution in [0.25, 0.3) is 0 Å². The van der Waals surface area contributed by atoms with Gasteiger partial charge in [-0.05, 0) is 32.8 Å². The van der Waals surface area contributed by atoms with Crippen LogP contribution in [0.1, 0.15) is 43.2 Å². The van der Waals surface area contributed by atoms with Crippen molar-refractivity contribution in [2.75, 3.05) is 25.9 Å². The monoisotopic (exact) mass is 292 g/mol. The van der Waals surface area contributed by atoms with Crippen molar-refractivity contribution in [3.63, 3.8) is 0 Å². The fraction of sp³-hybridized carbons (Fsp3) is 0.600. The summed E-state index contributed by atoms with van der Waals surface area (Å²) in [4.78, 5) is 26.1. The van der Waals surface area contributed by atoms with Gasteiger partial charge in [0.15, 0.2) is 0 Å². The fourth-order valence-corrected chi connectivity index (χ4v) is 2.81. The number of carbonyl (C=O) groups excluding carboxylic acids is 2. The molecule has 0 aliphatic carbocycles. The fourth-order valence-electron chi connectivity index (χ4n) is 2.81. The number of likely N-dealkylation sites (tertiary alicyclic amines) is 1. The van der Waals surface area contributed by atoms with Crippen LogP contribution in [0.3, 0.4) is 0 Å². The van der Waals surface area contributed by atoms with Gasteiger partial charge in [0.05, 0.1) is 5.69 Å². The zero-order valence-corrected chi connectivity index (χ0v) is 12.9. The first-order valence-electron chi connectivity index (χ1n) is 7.42. The van der Waals surface area contributed by atoms with Gasteiger partial charge in [-0.3, -0.25) is 9.59 Å². The molecular formula is C15H24N4O2. The summed E-state index contributed by atoms with van der Waals surface area (Å²) in [5.74, 6) is 0.0775. The number of piperidine rings is 1. The first-order chi connectivity index (χ1) is 9.93. The van der Waals surface area contributed by atoms with Crippen LogP contribution in [0.5, 0.6) is 0 Å². The molecule has 0 atom stereocenters. The Bertz CT molecular complexity index is 528. The van der Waals surface area contributed by atoms with Crippen molar-refractivity contribution in [2.24, 2.45) is 5.92 Å². The molecule has 6 nitrogen and oxygen atoms in total. The maximum absolute atomic E-state index is 12.6. The Morgan fingerprint density at radius 3 is 2.48 bits per heavy atom. The van der Waals surface area contributed by atoms with Crippen molar-refractivity contribution in [1.29, 1.82) is 0 Å². The largest absolute Gasteiger partial charge is 0.397 e. The molecule has 116 valence electrons. The molecule has 1 aliphatic heterocycles. The predicted octanol–water partition coefficient (Wildman–Crippen LogP) is 1.25. The minimum Gasteiger partial charge on any atom is -0.397 e. The van der Waals surface area contributed by atoms with Crippen LogP contribution < -0.4 is 11.1 Å². The number of rotatable bonds is 3. The third-order valence-electron chi connectivity index (χ3n) is 4.04. The lowest BCUT2D eigenvalue weighted by atomic mass is 9.96. The first-order valence-corrected chi connectivity index (χ1v) is 7.42. The van der Waals surface area contributed by atoms with Crippen molar-refractivity contribution in [3.8, 4) is 0 Å². The second kappa shape index (κ2) is 6.20. The second-order valence-electron chi connectivity index (χ2n) is 5.84. The summed E-state index contributed by atoms with van der Waals surface area (Å²) in [5, 5.41) is 2.67. The molecule has 2 amide bonds. The summed E-state index contributed by atoms with van der Waals surface area (Å²) in [6.45, 7) is 5.27. The highest BCUT2D eigenvalue weighted by atomic mass is 16.2. The number of nitrogen functional groups attached to an aromatic ring is 1. The maximum Gasteiger partial charge on any atom is 0.270 e. The van der Waals surface area contributed by atoms with Gasteiger partial charge in [-0.2, -0.15) is 0 Å². The molecule has 0 aromatic carbocycles. The van der Waals surface area contributed by atoms with Gasteiger partial charge in [0.25, 0.3) is 5.91 Å². The van der Waals surface area contributed by atoms with Gasteiger partial charge in [0, 0.05) is 38.3 Å². The van der Waals surface area contributed by atoms with Gasteiger partial charge < -0.3 is 20.5 Å². The van der Waals surface area contributed by atoms with E-state index in [1.54, 1.807) is 19.3 Å². The van der Waals surface area contributed by atoms with E-state index in [4.69, 9.17) is 5.73 Å². The topological polar surface area (TPSA) is 80.4 Å². The molecule has 0 radical (unpaired) electrons. The number of nitrogens with one attached hydrogen (secondary N) is 1. The molecule has 1 aliphatic rings. The lowest BCUT2D eigenvalue weighted by molar-refractivity contribution is -0.125. The van der Waals surface area contributed by atoms with E-state index in [0.29, 0.717) is 37.3 Å². The highest BCUT2D eigenvalue weighted by molar-refractivity contribution is 5.94. The van der Waals surface area contributed by atoms with Gasteiger partial charge in [0.2, 0.25) is 5.91 Å². The van der Waals surface area contributed by atoms with Crippen molar-refractivity contribution in [3.05, 3.63) is 18.0 Å². The number of amides is 2. The Kier molecular flexibility index (Phi) is 4.55. The SMILES string of the molecule is CNC(=O)C1CCN(C(=O)c2cc(N)cn2C(C)C)CC1. The lowest BCUT2D eigenvalue weighted by Gasteiger charge is -2.31. The van der Waals surface area contributed by atoms with Crippen LogP contribution >= 0.6 is 0 Å². The average molecular weight is 292 g/mol. The van der Waals surface area contributed by atoms with E-state index in [-0.39, 0.29) is 23.8 Å². The third-order valence-corrected chi connectivity index (χ3v) is 4.04. The number of nitrogens with two attached hydrogens (primary N) is 1. The summed E-state index contributed by atoms with van der Waals surface area (Å²) in [7, 11) is 1.65. The predicted molar refractivity (Wildman–Crippen MR) is 81.9 cm³/mol. The highest BCUT2D eigenvalue weighted by Crippen LogP contribution is 2.22. The minimum atomic E-state index is -0.00393. The van der Waals surface area contributed by atoms with Crippen molar-refractivity contribution in [2.45, 2.75) is 32.7 Å². The molecule has 3 N–H and O–H groups in total. The average Bonchev–Trinajstić information content (AvgIpc) is 2.88. The molecule has 1 aromatic rings. The molecule has 1 aromatic heterocycles. The summed E-state index contributed by atoms with van der Waals surface area (Å²) in [6.07, 6.45) is 3.22. The van der Waals surface area contributed by atoms with Crippen LogP contribution in [0.4, 0.5) is 5.69 Å². The lowest BCUT2D eigenvalue weighted by Crippen LogP contribution is -2.43. The molecule has 1 saturated heterocycles. The summed E-state index contributed by atoms with van der Waals surface area (Å²) in [6, 6.07) is 1.91.